The van der Waals surface area contributed by atoms with Crippen LogP contribution < -0.4 is 5.73 Å². The Kier molecular flexibility index (Phi) is 3.33. The maximum absolute atomic E-state index is 6.50. The molecular formula is C16H23N3. The topological polar surface area (TPSA) is 34.2 Å². The Morgan fingerprint density at radius 2 is 1.89 bits per heavy atom. The lowest BCUT2D eigenvalue weighted by Gasteiger charge is -2.20. The van der Waals surface area contributed by atoms with E-state index in [1.165, 1.54) is 48.1 Å². The van der Waals surface area contributed by atoms with Crippen molar-refractivity contribution in [1.29, 1.82) is 0 Å². The van der Waals surface area contributed by atoms with Crippen molar-refractivity contribution in [2.75, 3.05) is 19.6 Å². The Hall–Kier alpha value is -1.32. The summed E-state index contributed by atoms with van der Waals surface area (Å²) in [5.41, 5.74) is 10.4. The summed E-state index contributed by atoms with van der Waals surface area (Å²) in [6.07, 6.45) is 2.64. The molecule has 1 aliphatic heterocycles. The van der Waals surface area contributed by atoms with Crippen LogP contribution in [-0.2, 0) is 7.05 Å². The van der Waals surface area contributed by atoms with Crippen LogP contribution in [-0.4, -0.2) is 29.1 Å². The standard InChI is InChI=1S/C16H23N3/c1-12-16(14(17)11-19-9-5-6-10-19)13-7-3-4-8-15(13)18(12)2/h3-4,7-8,14H,5-6,9-11,17H2,1-2H3. The van der Waals surface area contributed by atoms with E-state index in [1.54, 1.807) is 0 Å². The maximum Gasteiger partial charge on any atom is 0.0483 e. The molecule has 0 bridgehead atoms. The molecule has 1 unspecified atom stereocenters. The first kappa shape index (κ1) is 12.7. The van der Waals surface area contributed by atoms with Gasteiger partial charge >= 0.3 is 0 Å². The number of benzene rings is 1. The molecule has 3 nitrogen and oxygen atoms in total. The van der Waals surface area contributed by atoms with Crippen molar-refractivity contribution in [2.45, 2.75) is 25.8 Å². The maximum atomic E-state index is 6.50. The Morgan fingerprint density at radius 1 is 1.21 bits per heavy atom. The second kappa shape index (κ2) is 4.99. The molecule has 0 spiro atoms. The van der Waals surface area contributed by atoms with Gasteiger partial charge in [0.15, 0.2) is 0 Å². The molecule has 0 aliphatic carbocycles. The molecule has 3 rings (SSSR count). The van der Waals surface area contributed by atoms with Gasteiger partial charge in [0.05, 0.1) is 0 Å². The van der Waals surface area contributed by atoms with Crippen LogP contribution in [0.3, 0.4) is 0 Å². The summed E-state index contributed by atoms with van der Waals surface area (Å²) in [4.78, 5) is 2.49. The lowest BCUT2D eigenvalue weighted by molar-refractivity contribution is 0.316. The lowest BCUT2D eigenvalue weighted by atomic mass is 10.0. The van der Waals surface area contributed by atoms with Crippen LogP contribution in [0.25, 0.3) is 10.9 Å². The minimum atomic E-state index is 0.115. The second-order valence-electron chi connectivity index (χ2n) is 5.69. The third kappa shape index (κ3) is 2.17. The third-order valence-corrected chi connectivity index (χ3v) is 4.47. The van der Waals surface area contributed by atoms with Gasteiger partial charge in [-0.3, -0.25) is 0 Å². The summed E-state index contributed by atoms with van der Waals surface area (Å²) in [5.74, 6) is 0. The molecule has 0 amide bonds. The number of para-hydroxylation sites is 1. The first-order valence-electron chi connectivity index (χ1n) is 7.20. The summed E-state index contributed by atoms with van der Waals surface area (Å²) < 4.78 is 2.26. The smallest absolute Gasteiger partial charge is 0.0483 e. The SMILES string of the molecule is Cc1c(C(N)CN2CCCC2)c2ccccc2n1C. The van der Waals surface area contributed by atoms with Crippen molar-refractivity contribution < 1.29 is 0 Å². The molecule has 1 fully saturated rings. The Morgan fingerprint density at radius 3 is 2.63 bits per heavy atom. The quantitative estimate of drug-likeness (QED) is 0.917. The van der Waals surface area contributed by atoms with E-state index in [-0.39, 0.29) is 6.04 Å². The molecule has 1 aromatic heterocycles. The number of fused-ring (bicyclic) bond motifs is 1. The molecule has 0 saturated carbocycles. The number of hydrogen-bond acceptors (Lipinski definition) is 2. The number of nitrogens with two attached hydrogens (primary N) is 1. The molecule has 1 aliphatic rings. The number of rotatable bonds is 3. The van der Waals surface area contributed by atoms with Crippen LogP contribution in [0.2, 0.25) is 0 Å². The van der Waals surface area contributed by atoms with E-state index in [0.29, 0.717) is 0 Å². The van der Waals surface area contributed by atoms with Crippen LogP contribution in [0.5, 0.6) is 0 Å². The predicted molar refractivity (Wildman–Crippen MR) is 80.3 cm³/mol. The van der Waals surface area contributed by atoms with E-state index in [2.05, 4.69) is 47.7 Å². The molecule has 1 saturated heterocycles. The van der Waals surface area contributed by atoms with Gasteiger partial charge in [-0.2, -0.15) is 0 Å². The highest BCUT2D eigenvalue weighted by Crippen LogP contribution is 2.29. The minimum absolute atomic E-state index is 0.115. The van der Waals surface area contributed by atoms with Crippen molar-refractivity contribution >= 4 is 10.9 Å². The molecule has 2 heterocycles. The fourth-order valence-corrected chi connectivity index (χ4v) is 3.35. The van der Waals surface area contributed by atoms with Gasteiger partial charge in [-0.15, -0.1) is 0 Å². The molecule has 3 heteroatoms. The summed E-state index contributed by atoms with van der Waals surface area (Å²) in [6.45, 7) is 5.57. The van der Waals surface area contributed by atoms with Crippen molar-refractivity contribution in [3.8, 4) is 0 Å². The molecule has 1 atom stereocenters. The van der Waals surface area contributed by atoms with Gasteiger partial charge < -0.3 is 15.2 Å². The van der Waals surface area contributed by atoms with E-state index in [1.807, 2.05) is 0 Å². The zero-order chi connectivity index (χ0) is 13.4. The number of hydrogen-bond donors (Lipinski definition) is 1. The fraction of sp³-hybridized carbons (Fsp3) is 0.500. The van der Waals surface area contributed by atoms with Gasteiger partial charge in [0.2, 0.25) is 0 Å². The highest BCUT2D eigenvalue weighted by atomic mass is 15.1. The average molecular weight is 257 g/mol. The lowest BCUT2D eigenvalue weighted by Crippen LogP contribution is -2.30. The van der Waals surface area contributed by atoms with Gasteiger partial charge in [-0.25, -0.2) is 0 Å². The third-order valence-electron chi connectivity index (χ3n) is 4.47. The molecular weight excluding hydrogens is 234 g/mol. The van der Waals surface area contributed by atoms with Crippen molar-refractivity contribution in [3.05, 3.63) is 35.5 Å². The molecule has 102 valence electrons. The largest absolute Gasteiger partial charge is 0.348 e. The highest BCUT2D eigenvalue weighted by Gasteiger charge is 2.21. The van der Waals surface area contributed by atoms with Crippen molar-refractivity contribution in [3.63, 3.8) is 0 Å². The van der Waals surface area contributed by atoms with Gasteiger partial charge in [-0.05, 0) is 44.5 Å². The monoisotopic (exact) mass is 257 g/mol. The Labute approximate surface area is 115 Å². The molecule has 2 N–H and O–H groups in total. The zero-order valence-corrected chi connectivity index (χ0v) is 11.9. The fourth-order valence-electron chi connectivity index (χ4n) is 3.35. The summed E-state index contributed by atoms with van der Waals surface area (Å²) in [7, 11) is 2.13. The van der Waals surface area contributed by atoms with Crippen LogP contribution in [0.15, 0.2) is 24.3 Å². The normalized spacial score (nSPS) is 18.3. The highest BCUT2D eigenvalue weighted by molar-refractivity contribution is 5.86. The Bertz CT molecular complexity index is 579. The van der Waals surface area contributed by atoms with Crippen LogP contribution >= 0.6 is 0 Å². The van der Waals surface area contributed by atoms with Gasteiger partial charge in [-0.1, -0.05) is 18.2 Å². The van der Waals surface area contributed by atoms with Gasteiger partial charge in [0.1, 0.15) is 0 Å². The van der Waals surface area contributed by atoms with Crippen LogP contribution in [0.1, 0.15) is 30.1 Å². The van der Waals surface area contributed by atoms with Gasteiger partial charge in [0, 0.05) is 36.2 Å². The summed E-state index contributed by atoms with van der Waals surface area (Å²) >= 11 is 0. The first-order valence-corrected chi connectivity index (χ1v) is 7.20. The van der Waals surface area contributed by atoms with Crippen molar-refractivity contribution in [2.24, 2.45) is 12.8 Å². The predicted octanol–water partition coefficient (Wildman–Crippen LogP) is 2.58. The number of nitrogens with zero attached hydrogens (tertiary/aromatic N) is 2. The zero-order valence-electron chi connectivity index (χ0n) is 11.9. The van der Waals surface area contributed by atoms with E-state index >= 15 is 0 Å². The number of aryl methyl sites for hydroxylation is 1. The molecule has 0 radical (unpaired) electrons. The Balaban J connectivity index is 1.96. The average Bonchev–Trinajstić information content (AvgIpc) is 2.99. The van der Waals surface area contributed by atoms with E-state index < -0.39 is 0 Å². The van der Waals surface area contributed by atoms with Crippen LogP contribution in [0, 0.1) is 6.92 Å². The van der Waals surface area contributed by atoms with Gasteiger partial charge in [0.25, 0.3) is 0 Å². The molecule has 19 heavy (non-hydrogen) atoms. The van der Waals surface area contributed by atoms with Crippen LogP contribution in [0.4, 0.5) is 0 Å². The summed E-state index contributed by atoms with van der Waals surface area (Å²) in [5, 5.41) is 1.31. The minimum Gasteiger partial charge on any atom is -0.348 e. The first-order chi connectivity index (χ1) is 9.18. The van der Waals surface area contributed by atoms with Crippen molar-refractivity contribution in [1.82, 2.24) is 9.47 Å². The molecule has 1 aromatic carbocycles. The van der Waals surface area contributed by atoms with E-state index in [0.717, 1.165) is 6.54 Å². The summed E-state index contributed by atoms with van der Waals surface area (Å²) in [6, 6.07) is 8.69. The number of aromatic nitrogens is 1. The van der Waals surface area contributed by atoms with E-state index in [9.17, 15) is 0 Å². The second-order valence-corrected chi connectivity index (χ2v) is 5.69. The number of likely N-dealkylation sites (tertiary alicyclic amines) is 1. The molecule has 2 aromatic rings. The van der Waals surface area contributed by atoms with E-state index in [4.69, 9.17) is 5.73 Å².